The highest BCUT2D eigenvalue weighted by Crippen LogP contribution is 2.28. The van der Waals surface area contributed by atoms with Crippen LogP contribution in [0.3, 0.4) is 0 Å². The number of carbonyl (C=O) groups is 1. The second-order valence-corrected chi connectivity index (χ2v) is 8.34. The van der Waals surface area contributed by atoms with Gasteiger partial charge >= 0.3 is 0 Å². The van der Waals surface area contributed by atoms with Gasteiger partial charge in [-0.2, -0.15) is 0 Å². The minimum Gasteiger partial charge on any atom is -0.383 e. The third-order valence-corrected chi connectivity index (χ3v) is 5.62. The second-order valence-electron chi connectivity index (χ2n) is 8.34. The largest absolute Gasteiger partial charge is 0.383 e. The number of pyridine rings is 1. The van der Waals surface area contributed by atoms with Crippen LogP contribution >= 0.6 is 0 Å². The Balaban J connectivity index is 1.49. The van der Waals surface area contributed by atoms with Crippen LogP contribution in [0.5, 0.6) is 0 Å². The van der Waals surface area contributed by atoms with Crippen molar-refractivity contribution in [1.29, 1.82) is 0 Å². The van der Waals surface area contributed by atoms with E-state index in [4.69, 9.17) is 10.5 Å². The van der Waals surface area contributed by atoms with Gasteiger partial charge in [-0.3, -0.25) is 4.79 Å². The number of nitrogens with zero attached hydrogens (tertiary/aromatic N) is 1. The molecule has 3 aromatic rings. The van der Waals surface area contributed by atoms with E-state index in [0.29, 0.717) is 38.4 Å². The standard InChI is InChI=1S/C24H27N3O2/c1-16-5-3-4-6-20(16)17-7-9-21-19(11-17)12-18(23(25)27-21)8-10-22(28)26-13-24(2)14-29-15-24/h3-7,9,11-12H,8,10,13-15H2,1-2H3,(H2,25,27)(H,26,28). The lowest BCUT2D eigenvalue weighted by molar-refractivity contribution is -0.126. The molecule has 1 aromatic heterocycles. The molecule has 1 aliphatic rings. The monoisotopic (exact) mass is 389 g/mol. The van der Waals surface area contributed by atoms with E-state index >= 15 is 0 Å². The van der Waals surface area contributed by atoms with Gasteiger partial charge in [0.25, 0.3) is 0 Å². The van der Waals surface area contributed by atoms with Crippen LogP contribution in [0.15, 0.2) is 48.5 Å². The summed E-state index contributed by atoms with van der Waals surface area (Å²) in [5, 5.41) is 4.05. The molecule has 0 unspecified atom stereocenters. The Morgan fingerprint density at radius 2 is 2.00 bits per heavy atom. The molecule has 3 N–H and O–H groups in total. The minimum atomic E-state index is 0.0336. The van der Waals surface area contributed by atoms with Crippen molar-refractivity contribution in [2.75, 3.05) is 25.5 Å². The summed E-state index contributed by atoms with van der Waals surface area (Å²) in [6.07, 6.45) is 0.966. The van der Waals surface area contributed by atoms with Crippen LogP contribution in [-0.4, -0.2) is 30.6 Å². The quantitative estimate of drug-likeness (QED) is 0.671. The van der Waals surface area contributed by atoms with Gasteiger partial charge in [0.1, 0.15) is 5.82 Å². The lowest BCUT2D eigenvalue weighted by atomic mass is 9.89. The minimum absolute atomic E-state index is 0.0336. The van der Waals surface area contributed by atoms with Gasteiger partial charge in [0.2, 0.25) is 5.91 Å². The summed E-state index contributed by atoms with van der Waals surface area (Å²) in [6, 6.07) is 16.6. The lowest BCUT2D eigenvalue weighted by Crippen LogP contribution is -2.48. The van der Waals surface area contributed by atoms with Gasteiger partial charge in [0.15, 0.2) is 0 Å². The van der Waals surface area contributed by atoms with Crippen LogP contribution in [0.4, 0.5) is 5.82 Å². The Morgan fingerprint density at radius 1 is 1.21 bits per heavy atom. The van der Waals surface area contributed by atoms with Crippen LogP contribution in [0, 0.1) is 12.3 Å². The molecule has 0 bridgehead atoms. The second kappa shape index (κ2) is 7.84. The van der Waals surface area contributed by atoms with E-state index < -0.39 is 0 Å². The topological polar surface area (TPSA) is 77.2 Å². The number of carbonyl (C=O) groups excluding carboxylic acids is 1. The van der Waals surface area contributed by atoms with Crippen molar-refractivity contribution in [2.24, 2.45) is 5.41 Å². The molecule has 0 radical (unpaired) electrons. The highest BCUT2D eigenvalue weighted by Gasteiger charge is 2.33. The Hall–Kier alpha value is -2.92. The van der Waals surface area contributed by atoms with Gasteiger partial charge in [-0.1, -0.05) is 37.3 Å². The summed E-state index contributed by atoms with van der Waals surface area (Å²) in [5.41, 5.74) is 11.6. The van der Waals surface area contributed by atoms with Crippen LogP contribution in [0.1, 0.15) is 24.5 Å². The van der Waals surface area contributed by atoms with E-state index in [1.54, 1.807) is 0 Å². The first kappa shape index (κ1) is 19.4. The number of hydrogen-bond acceptors (Lipinski definition) is 4. The van der Waals surface area contributed by atoms with Crippen molar-refractivity contribution in [1.82, 2.24) is 10.3 Å². The zero-order valence-corrected chi connectivity index (χ0v) is 17.0. The van der Waals surface area contributed by atoms with E-state index in [0.717, 1.165) is 22.0 Å². The number of aryl methyl sites for hydroxylation is 2. The molecular formula is C24H27N3O2. The first-order chi connectivity index (χ1) is 13.9. The zero-order chi connectivity index (χ0) is 20.4. The van der Waals surface area contributed by atoms with Gasteiger partial charge in [0.05, 0.1) is 18.7 Å². The van der Waals surface area contributed by atoms with Crippen molar-refractivity contribution < 1.29 is 9.53 Å². The number of nitrogens with two attached hydrogens (primary N) is 1. The Labute approximate surface area is 171 Å². The third-order valence-electron chi connectivity index (χ3n) is 5.62. The van der Waals surface area contributed by atoms with E-state index in [9.17, 15) is 4.79 Å². The highest BCUT2D eigenvalue weighted by atomic mass is 16.5. The number of nitrogen functional groups attached to an aromatic ring is 1. The lowest BCUT2D eigenvalue weighted by Gasteiger charge is -2.38. The van der Waals surface area contributed by atoms with Crippen LogP contribution < -0.4 is 11.1 Å². The number of nitrogens with one attached hydrogen (secondary N) is 1. The molecule has 1 aliphatic heterocycles. The summed E-state index contributed by atoms with van der Waals surface area (Å²) in [7, 11) is 0. The number of ether oxygens (including phenoxy) is 1. The summed E-state index contributed by atoms with van der Waals surface area (Å²) < 4.78 is 5.23. The molecule has 1 saturated heterocycles. The summed E-state index contributed by atoms with van der Waals surface area (Å²) >= 11 is 0. The van der Waals surface area contributed by atoms with Gasteiger partial charge in [0, 0.05) is 23.8 Å². The first-order valence-corrected chi connectivity index (χ1v) is 10.0. The summed E-state index contributed by atoms with van der Waals surface area (Å²) in [4.78, 5) is 16.8. The molecule has 4 rings (SSSR count). The fraction of sp³-hybridized carbons (Fsp3) is 0.333. The molecule has 5 nitrogen and oxygen atoms in total. The number of benzene rings is 2. The Bertz CT molecular complexity index is 1060. The van der Waals surface area contributed by atoms with Gasteiger partial charge < -0.3 is 15.8 Å². The molecule has 1 fully saturated rings. The average Bonchev–Trinajstić information content (AvgIpc) is 2.69. The van der Waals surface area contributed by atoms with Gasteiger partial charge in [-0.05, 0) is 53.8 Å². The predicted molar refractivity (Wildman–Crippen MR) is 117 cm³/mol. The van der Waals surface area contributed by atoms with Gasteiger partial charge in [-0.25, -0.2) is 4.98 Å². The molecule has 0 saturated carbocycles. The van der Waals surface area contributed by atoms with E-state index in [2.05, 4.69) is 54.5 Å². The van der Waals surface area contributed by atoms with Gasteiger partial charge in [-0.15, -0.1) is 0 Å². The van der Waals surface area contributed by atoms with Crippen molar-refractivity contribution in [3.63, 3.8) is 0 Å². The zero-order valence-electron chi connectivity index (χ0n) is 17.0. The van der Waals surface area contributed by atoms with Crippen molar-refractivity contribution in [3.8, 4) is 11.1 Å². The molecule has 0 aliphatic carbocycles. The highest BCUT2D eigenvalue weighted by molar-refractivity contribution is 5.87. The molecule has 1 amide bonds. The SMILES string of the molecule is Cc1ccccc1-c1ccc2nc(N)c(CCC(=O)NCC3(C)COC3)cc2c1. The number of aromatic nitrogens is 1. The molecule has 0 atom stereocenters. The number of rotatable bonds is 6. The van der Waals surface area contributed by atoms with E-state index in [1.165, 1.54) is 11.1 Å². The molecule has 2 heterocycles. The van der Waals surface area contributed by atoms with E-state index in [-0.39, 0.29) is 11.3 Å². The third kappa shape index (κ3) is 4.25. The normalized spacial score (nSPS) is 15.1. The maximum absolute atomic E-state index is 12.2. The van der Waals surface area contributed by atoms with E-state index in [1.807, 2.05) is 18.2 Å². The molecule has 0 spiro atoms. The van der Waals surface area contributed by atoms with Crippen molar-refractivity contribution in [2.45, 2.75) is 26.7 Å². The van der Waals surface area contributed by atoms with Crippen LogP contribution in [-0.2, 0) is 16.0 Å². The number of amides is 1. The number of anilines is 1. The number of fused-ring (bicyclic) bond motifs is 1. The van der Waals surface area contributed by atoms with Crippen LogP contribution in [0.2, 0.25) is 0 Å². The van der Waals surface area contributed by atoms with Crippen molar-refractivity contribution in [3.05, 3.63) is 59.7 Å². The molecular weight excluding hydrogens is 362 g/mol. The smallest absolute Gasteiger partial charge is 0.220 e. The molecule has 150 valence electrons. The fourth-order valence-electron chi connectivity index (χ4n) is 3.70. The molecule has 29 heavy (non-hydrogen) atoms. The van der Waals surface area contributed by atoms with Crippen molar-refractivity contribution >= 4 is 22.6 Å². The predicted octanol–water partition coefficient (Wildman–Crippen LogP) is 3.88. The first-order valence-electron chi connectivity index (χ1n) is 10.0. The Kier molecular flexibility index (Phi) is 5.24. The number of hydrogen-bond donors (Lipinski definition) is 2. The molecule has 5 heteroatoms. The average molecular weight is 389 g/mol. The maximum Gasteiger partial charge on any atom is 0.220 e. The fourth-order valence-corrected chi connectivity index (χ4v) is 3.70. The summed E-state index contributed by atoms with van der Waals surface area (Å²) in [5.74, 6) is 0.527. The molecule has 2 aromatic carbocycles. The Morgan fingerprint density at radius 3 is 2.72 bits per heavy atom. The van der Waals surface area contributed by atoms with Crippen LogP contribution in [0.25, 0.3) is 22.0 Å². The summed E-state index contributed by atoms with van der Waals surface area (Å²) in [6.45, 7) is 6.29. The maximum atomic E-state index is 12.2.